The van der Waals surface area contributed by atoms with Gasteiger partial charge in [0.25, 0.3) is 0 Å². The monoisotopic (exact) mass is 547 g/mol. The zero-order valence-electron chi connectivity index (χ0n) is 22.2. The molecule has 0 radical (unpaired) electrons. The molecular formula is C30H33N3O5S. The molecule has 9 heteroatoms. The fraction of sp³-hybridized carbons (Fsp3) is 0.367. The molecule has 204 valence electrons. The summed E-state index contributed by atoms with van der Waals surface area (Å²) in [5.74, 6) is 0.158. The van der Waals surface area contributed by atoms with E-state index in [2.05, 4.69) is 5.32 Å². The lowest BCUT2D eigenvalue weighted by Crippen LogP contribution is -2.39. The van der Waals surface area contributed by atoms with Crippen molar-refractivity contribution in [2.24, 2.45) is 4.99 Å². The molecule has 3 heterocycles. The first kappa shape index (κ1) is 27.0. The Morgan fingerprint density at radius 3 is 2.77 bits per heavy atom. The first-order valence-electron chi connectivity index (χ1n) is 13.3. The van der Waals surface area contributed by atoms with E-state index in [1.165, 1.54) is 18.9 Å². The van der Waals surface area contributed by atoms with Gasteiger partial charge in [-0.2, -0.15) is 0 Å². The summed E-state index contributed by atoms with van der Waals surface area (Å²) < 4.78 is 17.0. The largest absolute Gasteiger partial charge is 0.489 e. The highest BCUT2D eigenvalue weighted by molar-refractivity contribution is 8.16. The predicted molar refractivity (Wildman–Crippen MR) is 151 cm³/mol. The molecule has 0 aromatic heterocycles. The van der Waals surface area contributed by atoms with Crippen LogP contribution in [0.2, 0.25) is 0 Å². The van der Waals surface area contributed by atoms with Gasteiger partial charge in [-0.1, -0.05) is 61.2 Å². The second-order valence-corrected chi connectivity index (χ2v) is 10.4. The molecule has 0 bridgehead atoms. The molecule has 2 aromatic rings. The smallest absolute Gasteiger partial charge is 0.338 e. The van der Waals surface area contributed by atoms with E-state index < -0.39 is 12.0 Å². The highest BCUT2D eigenvalue weighted by Crippen LogP contribution is 2.45. The summed E-state index contributed by atoms with van der Waals surface area (Å²) in [5, 5.41) is 5.69. The van der Waals surface area contributed by atoms with Crippen molar-refractivity contribution in [3.63, 3.8) is 0 Å². The summed E-state index contributed by atoms with van der Waals surface area (Å²) in [6.07, 6.45) is 2.78. The number of allylic oxidation sites excluding steroid dienone is 1. The summed E-state index contributed by atoms with van der Waals surface area (Å²) in [7, 11) is 1.38. The Balaban J connectivity index is 1.42. The SMILES string of the molecule is CCC1=C(C(=O)OC)C(c2cccc(OCc3ccccc3)c2)N2C(CC(=O)NCC3CCCO3)=CSC2=N1. The Hall–Kier alpha value is -3.56. The number of nitrogens with one attached hydrogen (secondary N) is 1. The number of hydrogen-bond acceptors (Lipinski definition) is 8. The summed E-state index contributed by atoms with van der Waals surface area (Å²) in [6.45, 7) is 3.64. The van der Waals surface area contributed by atoms with Gasteiger partial charge in [0.1, 0.15) is 12.4 Å². The van der Waals surface area contributed by atoms with Crippen LogP contribution in [0.25, 0.3) is 0 Å². The van der Waals surface area contributed by atoms with Crippen molar-refractivity contribution < 1.29 is 23.8 Å². The van der Waals surface area contributed by atoms with Crippen LogP contribution in [0.4, 0.5) is 0 Å². The lowest BCUT2D eigenvalue weighted by molar-refractivity contribution is -0.136. The highest BCUT2D eigenvalue weighted by atomic mass is 32.2. The van der Waals surface area contributed by atoms with Gasteiger partial charge in [0.05, 0.1) is 36.9 Å². The second-order valence-electron chi connectivity index (χ2n) is 9.56. The van der Waals surface area contributed by atoms with E-state index in [-0.39, 0.29) is 18.4 Å². The number of amidine groups is 1. The quantitative estimate of drug-likeness (QED) is 0.415. The fourth-order valence-corrected chi connectivity index (χ4v) is 5.94. The molecule has 1 amide bonds. The van der Waals surface area contributed by atoms with Gasteiger partial charge in [-0.3, -0.25) is 4.79 Å². The van der Waals surface area contributed by atoms with E-state index in [1.807, 2.05) is 71.8 Å². The lowest BCUT2D eigenvalue weighted by Gasteiger charge is -2.36. The highest BCUT2D eigenvalue weighted by Gasteiger charge is 2.41. The van der Waals surface area contributed by atoms with Crippen LogP contribution in [-0.2, 0) is 25.7 Å². The Bertz CT molecular complexity index is 1300. The van der Waals surface area contributed by atoms with Gasteiger partial charge in [-0.05, 0) is 47.9 Å². The van der Waals surface area contributed by atoms with Crippen LogP contribution in [0.5, 0.6) is 5.75 Å². The maximum atomic E-state index is 13.2. The Morgan fingerprint density at radius 2 is 2.03 bits per heavy atom. The number of hydrogen-bond donors (Lipinski definition) is 1. The van der Waals surface area contributed by atoms with Crippen LogP contribution in [0.15, 0.2) is 82.0 Å². The Labute approximate surface area is 233 Å². The molecule has 1 fully saturated rings. The van der Waals surface area contributed by atoms with Crippen LogP contribution in [-0.4, -0.2) is 48.3 Å². The van der Waals surface area contributed by atoms with Crippen LogP contribution in [0.3, 0.4) is 0 Å². The minimum absolute atomic E-state index is 0.0698. The first-order chi connectivity index (χ1) is 19.1. The van der Waals surface area contributed by atoms with E-state index in [0.29, 0.717) is 36.6 Å². The maximum Gasteiger partial charge on any atom is 0.338 e. The molecule has 2 atom stereocenters. The Kier molecular flexibility index (Phi) is 8.68. The molecule has 0 spiro atoms. The number of esters is 1. The number of carbonyl (C=O) groups excluding carboxylic acids is 2. The summed E-state index contributed by atoms with van der Waals surface area (Å²) in [6, 6.07) is 17.2. The van der Waals surface area contributed by atoms with Gasteiger partial charge in [0.15, 0.2) is 5.17 Å². The molecule has 2 unspecified atom stereocenters. The maximum absolute atomic E-state index is 13.2. The van der Waals surface area contributed by atoms with Crippen molar-refractivity contribution in [3.05, 3.63) is 88.1 Å². The summed E-state index contributed by atoms with van der Waals surface area (Å²) >= 11 is 1.46. The zero-order chi connectivity index (χ0) is 27.2. The van der Waals surface area contributed by atoms with Crippen molar-refractivity contribution >= 4 is 28.8 Å². The molecule has 39 heavy (non-hydrogen) atoms. The van der Waals surface area contributed by atoms with E-state index in [0.717, 1.165) is 41.4 Å². The van der Waals surface area contributed by atoms with Crippen molar-refractivity contribution in [3.8, 4) is 5.75 Å². The van der Waals surface area contributed by atoms with E-state index in [9.17, 15) is 9.59 Å². The molecular weight excluding hydrogens is 514 g/mol. The number of rotatable bonds is 10. The van der Waals surface area contributed by atoms with Crippen LogP contribution in [0, 0.1) is 0 Å². The number of carbonyl (C=O) groups is 2. The van der Waals surface area contributed by atoms with Crippen molar-refractivity contribution in [1.29, 1.82) is 0 Å². The van der Waals surface area contributed by atoms with Gasteiger partial charge in [0, 0.05) is 18.8 Å². The van der Waals surface area contributed by atoms with Crippen LogP contribution in [0.1, 0.15) is 49.8 Å². The minimum Gasteiger partial charge on any atom is -0.489 e. The Morgan fingerprint density at radius 1 is 1.18 bits per heavy atom. The number of aliphatic imine (C=N–C) groups is 1. The molecule has 3 aliphatic heterocycles. The third kappa shape index (κ3) is 6.20. The number of fused-ring (bicyclic) bond motifs is 1. The number of methoxy groups -OCH3 is 1. The average Bonchev–Trinajstić information content (AvgIpc) is 3.64. The molecule has 0 saturated carbocycles. The van der Waals surface area contributed by atoms with Crippen molar-refractivity contribution in [1.82, 2.24) is 10.2 Å². The van der Waals surface area contributed by atoms with Crippen molar-refractivity contribution in [2.45, 2.75) is 51.4 Å². The number of nitrogens with zero attached hydrogens (tertiary/aromatic N) is 2. The number of benzene rings is 2. The van der Waals surface area contributed by atoms with Crippen molar-refractivity contribution in [2.75, 3.05) is 20.3 Å². The van der Waals surface area contributed by atoms with E-state index in [1.54, 1.807) is 0 Å². The molecule has 5 rings (SSSR count). The molecule has 1 saturated heterocycles. The third-order valence-corrected chi connectivity index (χ3v) is 7.83. The second kappa shape index (κ2) is 12.5. The number of thioether (sulfide) groups is 1. The molecule has 8 nitrogen and oxygen atoms in total. The van der Waals surface area contributed by atoms with Crippen LogP contribution >= 0.6 is 11.8 Å². The minimum atomic E-state index is -0.507. The number of ether oxygens (including phenoxy) is 3. The van der Waals surface area contributed by atoms with E-state index in [4.69, 9.17) is 19.2 Å². The topological polar surface area (TPSA) is 89.5 Å². The normalized spacial score (nSPS) is 20.3. The first-order valence-corrected chi connectivity index (χ1v) is 14.1. The molecule has 3 aliphatic rings. The van der Waals surface area contributed by atoms with Gasteiger partial charge in [-0.15, -0.1) is 0 Å². The van der Waals surface area contributed by atoms with Gasteiger partial charge in [0.2, 0.25) is 5.91 Å². The lowest BCUT2D eigenvalue weighted by atomic mass is 9.92. The van der Waals surface area contributed by atoms with E-state index >= 15 is 0 Å². The predicted octanol–water partition coefficient (Wildman–Crippen LogP) is 5.09. The summed E-state index contributed by atoms with van der Waals surface area (Å²) in [5.41, 5.74) is 3.85. The van der Waals surface area contributed by atoms with Gasteiger partial charge >= 0.3 is 5.97 Å². The molecule has 0 aliphatic carbocycles. The molecule has 1 N–H and O–H groups in total. The van der Waals surface area contributed by atoms with Crippen LogP contribution < -0.4 is 10.1 Å². The number of amides is 1. The average molecular weight is 548 g/mol. The molecule has 2 aromatic carbocycles. The third-order valence-electron chi connectivity index (χ3n) is 6.94. The van der Waals surface area contributed by atoms with Gasteiger partial charge < -0.3 is 24.4 Å². The fourth-order valence-electron chi connectivity index (χ4n) is 5.00. The van der Waals surface area contributed by atoms with Gasteiger partial charge in [-0.25, -0.2) is 9.79 Å². The summed E-state index contributed by atoms with van der Waals surface area (Å²) in [4.78, 5) is 32.9. The standard InChI is InChI=1S/C30H33N3O5S/c1-3-25-27(29(35)36-2)28(21-11-7-12-23(15-21)38-18-20-9-5-4-6-10-20)33-22(19-39-30(33)32-25)16-26(34)31-17-24-13-8-14-37-24/h4-7,9-12,15,19,24,28H,3,8,13-14,16-18H2,1-2H3,(H,31,34). The zero-order valence-corrected chi connectivity index (χ0v) is 23.0.